The van der Waals surface area contributed by atoms with E-state index >= 15 is 0 Å². The summed E-state index contributed by atoms with van der Waals surface area (Å²) in [6.45, 7) is 0. The maximum atomic E-state index is 14.7. The molecule has 0 bridgehead atoms. The van der Waals surface area contributed by atoms with Gasteiger partial charge in [0.1, 0.15) is 5.69 Å². The van der Waals surface area contributed by atoms with Gasteiger partial charge in [0.05, 0.1) is 17.1 Å². The number of amides is 1. The summed E-state index contributed by atoms with van der Waals surface area (Å²) in [5.41, 5.74) is 1.96. The minimum absolute atomic E-state index is 0.0441. The lowest BCUT2D eigenvalue weighted by Gasteiger charge is -2.03. The maximum Gasteiger partial charge on any atom is 0.228 e. The van der Waals surface area contributed by atoms with Crippen LogP contribution in [-0.2, 0) is 4.79 Å². The molecule has 124 valence electrons. The van der Waals surface area contributed by atoms with E-state index in [0.717, 1.165) is 18.4 Å². The molecular weight excluding hydrogens is 323 g/mol. The van der Waals surface area contributed by atoms with Gasteiger partial charge in [0.2, 0.25) is 5.91 Å². The molecule has 8 heteroatoms. The highest BCUT2D eigenvalue weighted by Gasteiger charge is 2.30. The molecule has 25 heavy (non-hydrogen) atoms. The Hall–Kier alpha value is -3.29. The Labute approximate surface area is 140 Å². The van der Waals surface area contributed by atoms with E-state index in [4.69, 9.17) is 0 Å². The van der Waals surface area contributed by atoms with Crippen molar-refractivity contribution in [3.8, 4) is 11.3 Å². The second-order valence-electron chi connectivity index (χ2n) is 6.14. The van der Waals surface area contributed by atoms with Gasteiger partial charge in [-0.05, 0) is 31.0 Å². The quantitative estimate of drug-likeness (QED) is 0.602. The van der Waals surface area contributed by atoms with Crippen LogP contribution in [0.1, 0.15) is 12.8 Å². The summed E-state index contributed by atoms with van der Waals surface area (Å²) in [6.07, 6.45) is 5.15. The van der Waals surface area contributed by atoms with Crippen LogP contribution < -0.4 is 5.32 Å². The average molecular weight is 336 g/mol. The van der Waals surface area contributed by atoms with Crippen molar-refractivity contribution in [3.63, 3.8) is 0 Å². The Bertz CT molecular complexity index is 1130. The van der Waals surface area contributed by atoms with Crippen LogP contribution in [0.15, 0.2) is 36.7 Å². The number of halogens is 1. The summed E-state index contributed by atoms with van der Waals surface area (Å²) in [5.74, 6) is -0.220. The molecule has 5 rings (SSSR count). The van der Waals surface area contributed by atoms with Crippen LogP contribution in [0.3, 0.4) is 0 Å². The SMILES string of the molecule is O=C(Nc1n[nH]c2nc(-c3cnn4ccccc34)c(F)cc12)C1CC1. The first kappa shape index (κ1) is 14.1. The van der Waals surface area contributed by atoms with Gasteiger partial charge >= 0.3 is 0 Å². The topological polar surface area (TPSA) is 88.0 Å². The molecule has 0 radical (unpaired) electrons. The molecule has 4 aromatic heterocycles. The number of carbonyl (C=O) groups is 1. The number of aromatic nitrogens is 5. The lowest BCUT2D eigenvalue weighted by molar-refractivity contribution is -0.117. The van der Waals surface area contributed by atoms with E-state index in [2.05, 4.69) is 25.6 Å². The lowest BCUT2D eigenvalue weighted by Crippen LogP contribution is -2.13. The van der Waals surface area contributed by atoms with Crippen molar-refractivity contribution in [2.75, 3.05) is 5.32 Å². The molecule has 0 saturated heterocycles. The number of H-pyrrole nitrogens is 1. The molecule has 0 spiro atoms. The Morgan fingerprint density at radius 1 is 1.36 bits per heavy atom. The smallest absolute Gasteiger partial charge is 0.228 e. The Kier molecular flexibility index (Phi) is 2.87. The number of hydrogen-bond acceptors (Lipinski definition) is 4. The predicted octanol–water partition coefficient (Wildman–Crippen LogP) is 2.76. The third kappa shape index (κ3) is 2.25. The molecule has 0 aromatic carbocycles. The summed E-state index contributed by atoms with van der Waals surface area (Å²) < 4.78 is 16.4. The van der Waals surface area contributed by atoms with E-state index in [0.29, 0.717) is 22.4 Å². The van der Waals surface area contributed by atoms with Crippen LogP contribution >= 0.6 is 0 Å². The standard InChI is InChI=1S/C17H13FN6O/c18-12-7-10-15(22-23-16(10)21-17(25)9-4-5-9)20-14(12)11-8-19-24-6-2-1-3-13(11)24/h1-3,6-9H,4-5H2,(H2,20,21,22,23,25). The first-order chi connectivity index (χ1) is 12.2. The monoisotopic (exact) mass is 336 g/mol. The molecule has 1 aliphatic carbocycles. The van der Waals surface area contributed by atoms with Crippen molar-refractivity contribution in [2.24, 2.45) is 5.92 Å². The number of hydrogen-bond donors (Lipinski definition) is 2. The molecule has 1 amide bonds. The Morgan fingerprint density at radius 2 is 2.24 bits per heavy atom. The summed E-state index contributed by atoms with van der Waals surface area (Å²) in [5, 5.41) is 14.2. The number of aromatic amines is 1. The van der Waals surface area contributed by atoms with Crippen molar-refractivity contribution >= 4 is 28.3 Å². The van der Waals surface area contributed by atoms with Gasteiger partial charge in [-0.3, -0.25) is 9.89 Å². The van der Waals surface area contributed by atoms with Gasteiger partial charge in [-0.2, -0.15) is 10.2 Å². The van der Waals surface area contributed by atoms with Crippen LogP contribution in [0, 0.1) is 11.7 Å². The van der Waals surface area contributed by atoms with E-state index in [-0.39, 0.29) is 17.5 Å². The third-order valence-electron chi connectivity index (χ3n) is 4.38. The summed E-state index contributed by atoms with van der Waals surface area (Å²) in [4.78, 5) is 16.3. The Morgan fingerprint density at radius 3 is 3.08 bits per heavy atom. The zero-order valence-corrected chi connectivity index (χ0v) is 13.0. The fourth-order valence-electron chi connectivity index (χ4n) is 2.89. The van der Waals surface area contributed by atoms with Gasteiger partial charge in [0, 0.05) is 17.7 Å². The fraction of sp³-hybridized carbons (Fsp3) is 0.176. The minimum atomic E-state index is -0.491. The average Bonchev–Trinajstić information content (AvgIpc) is 3.29. The first-order valence-electron chi connectivity index (χ1n) is 7.99. The maximum absolute atomic E-state index is 14.7. The number of rotatable bonds is 3. The molecule has 4 aromatic rings. The Balaban J connectivity index is 1.61. The first-order valence-corrected chi connectivity index (χ1v) is 7.99. The molecule has 1 fully saturated rings. The van der Waals surface area contributed by atoms with E-state index in [1.54, 1.807) is 16.9 Å². The molecule has 2 N–H and O–H groups in total. The zero-order valence-electron chi connectivity index (χ0n) is 13.0. The van der Waals surface area contributed by atoms with Crippen LogP contribution in [0.5, 0.6) is 0 Å². The van der Waals surface area contributed by atoms with Crippen molar-refractivity contribution in [1.29, 1.82) is 0 Å². The second-order valence-corrected chi connectivity index (χ2v) is 6.14. The van der Waals surface area contributed by atoms with Gasteiger partial charge in [-0.15, -0.1) is 0 Å². The van der Waals surface area contributed by atoms with Crippen molar-refractivity contribution < 1.29 is 9.18 Å². The van der Waals surface area contributed by atoms with Crippen LogP contribution in [0.2, 0.25) is 0 Å². The van der Waals surface area contributed by atoms with Crippen molar-refractivity contribution in [1.82, 2.24) is 24.8 Å². The number of anilines is 1. The number of carbonyl (C=O) groups excluding carboxylic acids is 1. The summed E-state index contributed by atoms with van der Waals surface area (Å²) in [7, 11) is 0. The molecular formula is C17H13FN6O. The van der Waals surface area contributed by atoms with Gasteiger partial charge in [0.25, 0.3) is 0 Å². The molecule has 4 heterocycles. The van der Waals surface area contributed by atoms with Crippen LogP contribution in [-0.4, -0.2) is 30.7 Å². The largest absolute Gasteiger partial charge is 0.308 e. The number of fused-ring (bicyclic) bond motifs is 2. The normalized spacial score (nSPS) is 14.3. The fourth-order valence-corrected chi connectivity index (χ4v) is 2.89. The molecule has 0 atom stereocenters. The third-order valence-corrected chi connectivity index (χ3v) is 4.38. The van der Waals surface area contributed by atoms with Gasteiger partial charge in [-0.25, -0.2) is 13.9 Å². The summed E-state index contributed by atoms with van der Waals surface area (Å²) in [6, 6.07) is 6.90. The van der Waals surface area contributed by atoms with Crippen LogP contribution in [0.25, 0.3) is 27.8 Å². The van der Waals surface area contributed by atoms with Crippen molar-refractivity contribution in [3.05, 3.63) is 42.5 Å². The van der Waals surface area contributed by atoms with Crippen LogP contribution in [0.4, 0.5) is 10.2 Å². The number of nitrogens with zero attached hydrogens (tertiary/aromatic N) is 4. The molecule has 0 unspecified atom stereocenters. The molecule has 1 saturated carbocycles. The zero-order chi connectivity index (χ0) is 17.0. The highest BCUT2D eigenvalue weighted by Crippen LogP contribution is 2.32. The summed E-state index contributed by atoms with van der Waals surface area (Å²) >= 11 is 0. The van der Waals surface area contributed by atoms with E-state index in [9.17, 15) is 9.18 Å². The minimum Gasteiger partial charge on any atom is -0.308 e. The second kappa shape index (κ2) is 5.10. The molecule has 7 nitrogen and oxygen atoms in total. The van der Waals surface area contributed by atoms with E-state index in [1.807, 2.05) is 18.2 Å². The van der Waals surface area contributed by atoms with E-state index in [1.165, 1.54) is 6.07 Å². The van der Waals surface area contributed by atoms with Crippen molar-refractivity contribution in [2.45, 2.75) is 12.8 Å². The predicted molar refractivity (Wildman–Crippen MR) is 89.4 cm³/mol. The molecule has 1 aliphatic rings. The molecule has 0 aliphatic heterocycles. The number of pyridine rings is 2. The highest BCUT2D eigenvalue weighted by atomic mass is 19.1. The van der Waals surface area contributed by atoms with Gasteiger partial charge < -0.3 is 5.32 Å². The highest BCUT2D eigenvalue weighted by molar-refractivity contribution is 6.01. The lowest BCUT2D eigenvalue weighted by atomic mass is 10.1. The van der Waals surface area contributed by atoms with Gasteiger partial charge in [-0.1, -0.05) is 6.07 Å². The van der Waals surface area contributed by atoms with Gasteiger partial charge in [0.15, 0.2) is 17.3 Å². The van der Waals surface area contributed by atoms with E-state index < -0.39 is 5.82 Å². The number of nitrogens with one attached hydrogen (secondary N) is 2.